The molecule has 1 amide bonds. The zero-order chi connectivity index (χ0) is 17.6. The summed E-state index contributed by atoms with van der Waals surface area (Å²) in [5, 5.41) is 11.5. The predicted octanol–water partition coefficient (Wildman–Crippen LogP) is 3.51. The van der Waals surface area contributed by atoms with Gasteiger partial charge in [-0.1, -0.05) is 0 Å². The molecule has 1 N–H and O–H groups in total. The Morgan fingerprint density at radius 3 is 2.80 bits per heavy atom. The quantitative estimate of drug-likeness (QED) is 0.904. The van der Waals surface area contributed by atoms with Crippen LogP contribution in [0.1, 0.15) is 28.8 Å². The molecule has 5 nitrogen and oxygen atoms in total. The van der Waals surface area contributed by atoms with Crippen molar-refractivity contribution < 1.29 is 18.7 Å². The molecule has 6 heteroatoms. The third-order valence-electron chi connectivity index (χ3n) is 3.91. The highest BCUT2D eigenvalue weighted by Gasteiger charge is 2.18. The van der Waals surface area contributed by atoms with Crippen molar-refractivity contribution in [3.05, 3.63) is 59.4 Å². The van der Waals surface area contributed by atoms with Gasteiger partial charge in [0, 0.05) is 18.2 Å². The maximum atomic E-state index is 13.6. The van der Waals surface area contributed by atoms with E-state index in [2.05, 4.69) is 5.32 Å². The Morgan fingerprint density at radius 1 is 1.32 bits per heavy atom. The lowest BCUT2D eigenvalue weighted by atomic mass is 10.1. The molecule has 1 saturated heterocycles. The van der Waals surface area contributed by atoms with Crippen molar-refractivity contribution in [2.24, 2.45) is 0 Å². The average Bonchev–Trinajstić information content (AvgIpc) is 3.14. The monoisotopic (exact) mass is 340 g/mol. The maximum absolute atomic E-state index is 13.6. The van der Waals surface area contributed by atoms with E-state index in [1.54, 1.807) is 24.3 Å². The Morgan fingerprint density at radius 2 is 2.12 bits per heavy atom. The molecule has 1 aliphatic rings. The first-order valence-electron chi connectivity index (χ1n) is 8.01. The van der Waals surface area contributed by atoms with E-state index in [1.807, 2.05) is 6.07 Å². The van der Waals surface area contributed by atoms with Crippen molar-refractivity contribution in [3.63, 3.8) is 0 Å². The van der Waals surface area contributed by atoms with Crippen LogP contribution in [0, 0.1) is 17.1 Å². The lowest BCUT2D eigenvalue weighted by Gasteiger charge is -2.15. The standard InChI is InChI=1S/C19H17FN2O3/c20-15-7-8-18(25-12-16-2-1-9-24-16)17(10-15)22-19(23)14-5-3-13(11-21)4-6-14/h3-8,10,16H,1-2,9,12H2,(H,22,23). The number of nitrogens with one attached hydrogen (secondary N) is 1. The van der Waals surface area contributed by atoms with Gasteiger partial charge in [0.25, 0.3) is 5.91 Å². The van der Waals surface area contributed by atoms with Gasteiger partial charge in [-0.15, -0.1) is 0 Å². The van der Waals surface area contributed by atoms with E-state index >= 15 is 0 Å². The van der Waals surface area contributed by atoms with E-state index in [1.165, 1.54) is 18.2 Å². The molecular weight excluding hydrogens is 323 g/mol. The van der Waals surface area contributed by atoms with Gasteiger partial charge in [0.2, 0.25) is 0 Å². The smallest absolute Gasteiger partial charge is 0.255 e. The lowest BCUT2D eigenvalue weighted by Crippen LogP contribution is -2.18. The molecule has 128 valence electrons. The molecule has 25 heavy (non-hydrogen) atoms. The van der Waals surface area contributed by atoms with Crippen molar-refractivity contribution in [1.29, 1.82) is 5.26 Å². The molecule has 2 aromatic rings. The number of carbonyl (C=O) groups is 1. The Labute approximate surface area is 145 Å². The van der Waals surface area contributed by atoms with Crippen molar-refractivity contribution in [2.75, 3.05) is 18.5 Å². The van der Waals surface area contributed by atoms with Gasteiger partial charge in [-0.25, -0.2) is 4.39 Å². The van der Waals surface area contributed by atoms with Gasteiger partial charge in [-0.3, -0.25) is 4.79 Å². The largest absolute Gasteiger partial charge is 0.489 e. The topological polar surface area (TPSA) is 71.4 Å². The highest BCUT2D eigenvalue weighted by molar-refractivity contribution is 6.05. The van der Waals surface area contributed by atoms with Crippen LogP contribution >= 0.6 is 0 Å². The number of hydrogen-bond donors (Lipinski definition) is 1. The lowest BCUT2D eigenvalue weighted by molar-refractivity contribution is 0.0681. The molecule has 0 bridgehead atoms. The Bertz CT molecular complexity index is 793. The summed E-state index contributed by atoms with van der Waals surface area (Å²) in [5.74, 6) is -0.490. The number of halogens is 1. The van der Waals surface area contributed by atoms with E-state index in [9.17, 15) is 9.18 Å². The van der Waals surface area contributed by atoms with Gasteiger partial charge in [0.05, 0.1) is 23.4 Å². The number of nitriles is 1. The molecule has 0 aliphatic carbocycles. The van der Waals surface area contributed by atoms with Crippen LogP contribution < -0.4 is 10.1 Å². The fraction of sp³-hybridized carbons (Fsp3) is 0.263. The van der Waals surface area contributed by atoms with Crippen molar-refractivity contribution in [1.82, 2.24) is 0 Å². The fourth-order valence-electron chi connectivity index (χ4n) is 2.57. The maximum Gasteiger partial charge on any atom is 0.255 e. The normalized spacial score (nSPS) is 16.2. The number of nitrogens with zero attached hydrogens (tertiary/aromatic N) is 1. The van der Waals surface area contributed by atoms with Crippen LogP contribution in [-0.4, -0.2) is 25.2 Å². The van der Waals surface area contributed by atoms with Crippen molar-refractivity contribution >= 4 is 11.6 Å². The van der Waals surface area contributed by atoms with E-state index < -0.39 is 11.7 Å². The second-order valence-corrected chi connectivity index (χ2v) is 5.73. The molecule has 1 atom stereocenters. The zero-order valence-electron chi connectivity index (χ0n) is 13.5. The van der Waals surface area contributed by atoms with Gasteiger partial charge >= 0.3 is 0 Å². The molecule has 0 aromatic heterocycles. The number of anilines is 1. The Hall–Kier alpha value is -2.91. The Kier molecular flexibility index (Phi) is 5.26. The van der Waals surface area contributed by atoms with Crippen molar-refractivity contribution in [2.45, 2.75) is 18.9 Å². The van der Waals surface area contributed by atoms with E-state index in [0.29, 0.717) is 23.5 Å². The van der Waals surface area contributed by atoms with E-state index in [4.69, 9.17) is 14.7 Å². The van der Waals surface area contributed by atoms with Crippen LogP contribution in [0.4, 0.5) is 10.1 Å². The van der Waals surface area contributed by atoms with E-state index in [0.717, 1.165) is 19.4 Å². The molecule has 1 aliphatic heterocycles. The summed E-state index contributed by atoms with van der Waals surface area (Å²) in [4.78, 5) is 12.3. The minimum Gasteiger partial charge on any atom is -0.489 e. The predicted molar refractivity (Wildman–Crippen MR) is 90.0 cm³/mol. The summed E-state index contributed by atoms with van der Waals surface area (Å²) >= 11 is 0. The molecule has 0 spiro atoms. The molecular formula is C19H17FN2O3. The minimum absolute atomic E-state index is 0.0205. The summed E-state index contributed by atoms with van der Waals surface area (Å²) < 4.78 is 24.8. The number of benzene rings is 2. The first kappa shape index (κ1) is 16.9. The molecule has 1 fully saturated rings. The SMILES string of the molecule is N#Cc1ccc(C(=O)Nc2cc(F)ccc2OCC2CCCO2)cc1. The molecule has 2 aromatic carbocycles. The van der Waals surface area contributed by atoms with E-state index in [-0.39, 0.29) is 11.8 Å². The summed E-state index contributed by atoms with van der Waals surface area (Å²) in [6.45, 7) is 1.07. The van der Waals surface area contributed by atoms with Crippen LogP contribution in [0.5, 0.6) is 5.75 Å². The Balaban J connectivity index is 1.72. The van der Waals surface area contributed by atoms with Crippen LogP contribution in [0.25, 0.3) is 0 Å². The van der Waals surface area contributed by atoms with Gasteiger partial charge in [0.1, 0.15) is 18.2 Å². The van der Waals surface area contributed by atoms with Gasteiger partial charge < -0.3 is 14.8 Å². The third-order valence-corrected chi connectivity index (χ3v) is 3.91. The van der Waals surface area contributed by atoms with Crippen molar-refractivity contribution in [3.8, 4) is 11.8 Å². The number of amides is 1. The zero-order valence-corrected chi connectivity index (χ0v) is 13.5. The van der Waals surface area contributed by atoms with Crippen LogP contribution in [0.2, 0.25) is 0 Å². The molecule has 1 unspecified atom stereocenters. The fourth-order valence-corrected chi connectivity index (χ4v) is 2.57. The number of hydrogen-bond acceptors (Lipinski definition) is 4. The highest BCUT2D eigenvalue weighted by Crippen LogP contribution is 2.27. The van der Waals surface area contributed by atoms with Gasteiger partial charge in [-0.05, 0) is 49.2 Å². The molecule has 0 saturated carbocycles. The van der Waals surface area contributed by atoms with Crippen LogP contribution in [-0.2, 0) is 4.74 Å². The summed E-state index contributed by atoms with van der Waals surface area (Å²) in [5.41, 5.74) is 1.09. The third kappa shape index (κ3) is 4.34. The summed E-state index contributed by atoms with van der Waals surface area (Å²) in [7, 11) is 0. The highest BCUT2D eigenvalue weighted by atomic mass is 19.1. The van der Waals surface area contributed by atoms with Gasteiger partial charge in [0.15, 0.2) is 0 Å². The molecule has 1 heterocycles. The first-order valence-corrected chi connectivity index (χ1v) is 8.01. The minimum atomic E-state index is -0.473. The average molecular weight is 340 g/mol. The second kappa shape index (κ2) is 7.77. The molecule has 3 rings (SSSR count). The number of ether oxygens (including phenoxy) is 2. The second-order valence-electron chi connectivity index (χ2n) is 5.73. The molecule has 0 radical (unpaired) electrons. The van der Waals surface area contributed by atoms with Gasteiger partial charge in [-0.2, -0.15) is 5.26 Å². The van der Waals surface area contributed by atoms with Crippen LogP contribution in [0.15, 0.2) is 42.5 Å². The first-order chi connectivity index (χ1) is 12.2. The van der Waals surface area contributed by atoms with Crippen LogP contribution in [0.3, 0.4) is 0 Å². The number of rotatable bonds is 5. The summed E-state index contributed by atoms with van der Waals surface area (Å²) in [6.07, 6.45) is 1.94. The number of carbonyl (C=O) groups excluding carboxylic acids is 1. The summed E-state index contributed by atoms with van der Waals surface area (Å²) in [6, 6.07) is 12.2.